The summed E-state index contributed by atoms with van der Waals surface area (Å²) in [7, 11) is 0. The van der Waals surface area contributed by atoms with E-state index in [1.165, 1.54) is 28.2 Å². The van der Waals surface area contributed by atoms with Crippen LogP contribution in [-0.2, 0) is 0 Å². The van der Waals surface area contributed by atoms with Crippen molar-refractivity contribution < 1.29 is 9.18 Å². The summed E-state index contributed by atoms with van der Waals surface area (Å²) in [5.74, 6) is 0.481. The minimum Gasteiger partial charge on any atom is -0.294 e. The minimum absolute atomic E-state index is 0.0582. The first-order valence-electron chi connectivity index (χ1n) is 6.55. The molecule has 0 atom stereocenters. The van der Waals surface area contributed by atoms with Gasteiger partial charge < -0.3 is 0 Å². The van der Waals surface area contributed by atoms with E-state index < -0.39 is 0 Å². The highest BCUT2D eigenvalue weighted by atomic mass is 32.2. The number of benzene rings is 2. The van der Waals surface area contributed by atoms with Gasteiger partial charge in [0.05, 0.1) is 0 Å². The number of thioether (sulfide) groups is 1. The Balaban J connectivity index is 1.91. The van der Waals surface area contributed by atoms with Crippen molar-refractivity contribution in [1.82, 2.24) is 0 Å². The number of carbonyl (C=O) groups is 1. The van der Waals surface area contributed by atoms with E-state index in [9.17, 15) is 9.18 Å². The van der Waals surface area contributed by atoms with Crippen LogP contribution in [0.15, 0.2) is 47.4 Å². The molecule has 0 heterocycles. The Bertz CT molecular complexity index is 605. The summed E-state index contributed by atoms with van der Waals surface area (Å²) < 4.78 is 12.8. The molecule has 0 bridgehead atoms. The topological polar surface area (TPSA) is 17.1 Å². The minimum atomic E-state index is -0.314. The quantitative estimate of drug-likeness (QED) is 0.580. The molecule has 104 valence electrons. The summed E-state index contributed by atoms with van der Waals surface area (Å²) >= 11 is 1.69. The van der Waals surface area contributed by atoms with Crippen LogP contribution in [0.4, 0.5) is 4.39 Å². The third kappa shape index (κ3) is 3.94. The Hall–Kier alpha value is -1.61. The van der Waals surface area contributed by atoms with E-state index in [0.29, 0.717) is 12.0 Å². The van der Waals surface area contributed by atoms with E-state index in [1.54, 1.807) is 23.9 Å². The molecule has 0 aliphatic carbocycles. The number of ketones is 1. The van der Waals surface area contributed by atoms with Gasteiger partial charge in [0, 0.05) is 22.6 Å². The molecule has 3 heteroatoms. The lowest BCUT2D eigenvalue weighted by molar-refractivity contribution is 0.0989. The molecule has 0 N–H and O–H groups in total. The van der Waals surface area contributed by atoms with Crippen molar-refractivity contribution in [2.75, 3.05) is 5.75 Å². The predicted molar refractivity (Wildman–Crippen MR) is 82.0 cm³/mol. The summed E-state index contributed by atoms with van der Waals surface area (Å²) in [6.07, 6.45) is 0.462. The van der Waals surface area contributed by atoms with Crippen LogP contribution < -0.4 is 0 Å². The van der Waals surface area contributed by atoms with Crippen molar-refractivity contribution in [2.45, 2.75) is 25.2 Å². The monoisotopic (exact) mass is 288 g/mol. The van der Waals surface area contributed by atoms with Crippen molar-refractivity contribution in [1.29, 1.82) is 0 Å². The van der Waals surface area contributed by atoms with Gasteiger partial charge in [-0.3, -0.25) is 4.79 Å². The number of hydrogen-bond acceptors (Lipinski definition) is 2. The standard InChI is InChI=1S/C17H17FOS/c1-12-3-4-13(2)17(11-12)20-10-9-16(19)14-5-7-15(18)8-6-14/h3-8,11H,9-10H2,1-2H3. The maximum atomic E-state index is 12.8. The van der Waals surface area contributed by atoms with E-state index >= 15 is 0 Å². The molecule has 0 saturated heterocycles. The molecule has 0 fully saturated rings. The van der Waals surface area contributed by atoms with Crippen LogP contribution in [-0.4, -0.2) is 11.5 Å². The van der Waals surface area contributed by atoms with E-state index in [4.69, 9.17) is 0 Å². The van der Waals surface area contributed by atoms with Gasteiger partial charge in [0.2, 0.25) is 0 Å². The number of halogens is 1. The van der Waals surface area contributed by atoms with E-state index in [1.807, 2.05) is 0 Å². The van der Waals surface area contributed by atoms with Gasteiger partial charge in [-0.05, 0) is 49.7 Å². The Kier molecular flexibility index (Phi) is 4.96. The van der Waals surface area contributed by atoms with Crippen molar-refractivity contribution in [3.8, 4) is 0 Å². The number of aryl methyl sites for hydroxylation is 2. The van der Waals surface area contributed by atoms with Crippen LogP contribution >= 0.6 is 11.8 Å². The highest BCUT2D eigenvalue weighted by Crippen LogP contribution is 2.24. The van der Waals surface area contributed by atoms with Crippen LogP contribution in [0, 0.1) is 19.7 Å². The number of rotatable bonds is 5. The molecule has 0 spiro atoms. The summed E-state index contributed by atoms with van der Waals surface area (Å²) in [5.41, 5.74) is 3.03. The number of Topliss-reactive ketones (excluding diaryl/α,β-unsaturated/α-hetero) is 1. The van der Waals surface area contributed by atoms with Crippen LogP contribution in [0.5, 0.6) is 0 Å². The lowest BCUT2D eigenvalue weighted by atomic mass is 10.1. The van der Waals surface area contributed by atoms with Gasteiger partial charge in [-0.1, -0.05) is 17.7 Å². The second-order valence-corrected chi connectivity index (χ2v) is 5.93. The normalized spacial score (nSPS) is 10.6. The summed E-state index contributed by atoms with van der Waals surface area (Å²) in [5, 5.41) is 0. The molecule has 0 amide bonds. The zero-order chi connectivity index (χ0) is 14.5. The van der Waals surface area contributed by atoms with Gasteiger partial charge in [0.25, 0.3) is 0 Å². The largest absolute Gasteiger partial charge is 0.294 e. The van der Waals surface area contributed by atoms with Crippen LogP contribution in [0.1, 0.15) is 27.9 Å². The van der Waals surface area contributed by atoms with E-state index in [2.05, 4.69) is 32.0 Å². The fourth-order valence-electron chi connectivity index (χ4n) is 1.90. The molecule has 0 saturated carbocycles. The highest BCUT2D eigenvalue weighted by Gasteiger charge is 2.07. The molecule has 0 aromatic heterocycles. The number of carbonyl (C=O) groups excluding carboxylic acids is 1. The lowest BCUT2D eigenvalue weighted by Gasteiger charge is -2.06. The van der Waals surface area contributed by atoms with Gasteiger partial charge in [-0.25, -0.2) is 4.39 Å². The van der Waals surface area contributed by atoms with Crippen LogP contribution in [0.25, 0.3) is 0 Å². The molecule has 0 aliphatic heterocycles. The molecule has 20 heavy (non-hydrogen) atoms. The molecule has 2 aromatic rings. The molecule has 2 rings (SSSR count). The number of hydrogen-bond donors (Lipinski definition) is 0. The van der Waals surface area contributed by atoms with Crippen LogP contribution in [0.2, 0.25) is 0 Å². The lowest BCUT2D eigenvalue weighted by Crippen LogP contribution is -2.00. The first-order chi connectivity index (χ1) is 9.56. The molecule has 0 radical (unpaired) electrons. The van der Waals surface area contributed by atoms with Gasteiger partial charge >= 0.3 is 0 Å². The Morgan fingerprint density at radius 3 is 2.50 bits per heavy atom. The van der Waals surface area contributed by atoms with Gasteiger partial charge in [-0.15, -0.1) is 11.8 Å². The maximum absolute atomic E-state index is 12.8. The first-order valence-corrected chi connectivity index (χ1v) is 7.53. The molecular weight excluding hydrogens is 271 g/mol. The molecule has 0 aliphatic rings. The molecule has 2 aromatic carbocycles. The Labute approximate surface area is 123 Å². The second-order valence-electron chi connectivity index (χ2n) is 4.80. The van der Waals surface area contributed by atoms with Crippen molar-refractivity contribution >= 4 is 17.5 Å². The average Bonchev–Trinajstić information content (AvgIpc) is 2.43. The Morgan fingerprint density at radius 2 is 1.80 bits per heavy atom. The first kappa shape index (κ1) is 14.8. The zero-order valence-electron chi connectivity index (χ0n) is 11.7. The smallest absolute Gasteiger partial charge is 0.163 e. The van der Waals surface area contributed by atoms with Crippen LogP contribution in [0.3, 0.4) is 0 Å². The third-order valence-electron chi connectivity index (χ3n) is 3.10. The van der Waals surface area contributed by atoms with E-state index in [0.717, 1.165) is 5.75 Å². The average molecular weight is 288 g/mol. The summed E-state index contributed by atoms with van der Waals surface area (Å²) in [6.45, 7) is 4.14. The van der Waals surface area contributed by atoms with E-state index in [-0.39, 0.29) is 11.6 Å². The van der Waals surface area contributed by atoms with Crippen molar-refractivity contribution in [3.63, 3.8) is 0 Å². The second kappa shape index (κ2) is 6.71. The molecule has 0 unspecified atom stereocenters. The SMILES string of the molecule is Cc1ccc(C)c(SCCC(=O)c2ccc(F)cc2)c1. The van der Waals surface area contributed by atoms with Crippen molar-refractivity contribution in [2.24, 2.45) is 0 Å². The van der Waals surface area contributed by atoms with Gasteiger partial charge in [-0.2, -0.15) is 0 Å². The Morgan fingerprint density at radius 1 is 1.10 bits per heavy atom. The fraction of sp³-hybridized carbons (Fsp3) is 0.235. The van der Waals surface area contributed by atoms with Gasteiger partial charge in [0.1, 0.15) is 5.82 Å². The third-order valence-corrected chi connectivity index (χ3v) is 4.26. The zero-order valence-corrected chi connectivity index (χ0v) is 12.5. The molecular formula is C17H17FOS. The summed E-state index contributed by atoms with van der Waals surface area (Å²) in [6, 6.07) is 12.1. The highest BCUT2D eigenvalue weighted by molar-refractivity contribution is 7.99. The van der Waals surface area contributed by atoms with Crippen molar-refractivity contribution in [3.05, 3.63) is 65.0 Å². The predicted octanol–water partition coefficient (Wildman–Crippen LogP) is 4.81. The maximum Gasteiger partial charge on any atom is 0.163 e. The summed E-state index contributed by atoms with van der Waals surface area (Å²) in [4.78, 5) is 13.2. The van der Waals surface area contributed by atoms with Gasteiger partial charge in [0.15, 0.2) is 5.78 Å². The fourth-order valence-corrected chi connectivity index (χ4v) is 2.97. The molecule has 1 nitrogen and oxygen atoms in total.